The Morgan fingerprint density at radius 3 is 2.72 bits per heavy atom. The van der Waals surface area contributed by atoms with E-state index in [-0.39, 0.29) is 5.82 Å². The van der Waals surface area contributed by atoms with Gasteiger partial charge in [0.25, 0.3) is 0 Å². The molecule has 0 heterocycles. The van der Waals surface area contributed by atoms with Crippen molar-refractivity contribution >= 4 is 0 Å². The lowest BCUT2D eigenvalue weighted by atomic mass is 9.80. The summed E-state index contributed by atoms with van der Waals surface area (Å²) in [4.78, 5) is 0. The Kier molecular flexibility index (Phi) is 4.76. The minimum Gasteiger partial charge on any atom is -0.316 e. The van der Waals surface area contributed by atoms with Gasteiger partial charge in [0.2, 0.25) is 0 Å². The van der Waals surface area contributed by atoms with Gasteiger partial charge in [0.1, 0.15) is 5.82 Å². The maximum absolute atomic E-state index is 13.3. The number of rotatable bonds is 6. The highest BCUT2D eigenvalue weighted by Crippen LogP contribution is 2.40. The Morgan fingerprint density at radius 2 is 2.06 bits per heavy atom. The molecule has 2 rings (SSSR count). The average molecular weight is 249 g/mol. The normalized spacial score (nSPS) is 18.1. The van der Waals surface area contributed by atoms with E-state index in [0.717, 1.165) is 25.1 Å². The summed E-state index contributed by atoms with van der Waals surface area (Å²) in [6, 6.07) is 7.11. The fraction of sp³-hybridized carbons (Fsp3) is 0.625. The monoisotopic (exact) mass is 249 g/mol. The Hall–Kier alpha value is -0.890. The lowest BCUT2D eigenvalue weighted by molar-refractivity contribution is 0.278. The molecule has 1 aliphatic rings. The van der Waals surface area contributed by atoms with Crippen molar-refractivity contribution in [1.29, 1.82) is 0 Å². The van der Waals surface area contributed by atoms with Crippen LogP contribution < -0.4 is 5.32 Å². The van der Waals surface area contributed by atoms with E-state index in [0.29, 0.717) is 5.41 Å². The number of hydrogen-bond acceptors (Lipinski definition) is 1. The van der Waals surface area contributed by atoms with Gasteiger partial charge in [-0.3, -0.25) is 0 Å². The summed E-state index contributed by atoms with van der Waals surface area (Å²) in [6.07, 6.45) is 7.39. The molecule has 0 saturated heterocycles. The first-order valence-corrected chi connectivity index (χ1v) is 7.19. The molecular weight excluding hydrogens is 225 g/mol. The van der Waals surface area contributed by atoms with Crippen molar-refractivity contribution < 1.29 is 4.39 Å². The second kappa shape index (κ2) is 6.33. The van der Waals surface area contributed by atoms with E-state index in [1.165, 1.54) is 38.2 Å². The number of hydrogen-bond donors (Lipinski definition) is 1. The van der Waals surface area contributed by atoms with Crippen molar-refractivity contribution in [2.24, 2.45) is 5.41 Å². The second-order valence-electron chi connectivity index (χ2n) is 5.69. The van der Waals surface area contributed by atoms with Crippen molar-refractivity contribution in [2.45, 2.75) is 45.4 Å². The summed E-state index contributed by atoms with van der Waals surface area (Å²) < 4.78 is 13.3. The number of halogens is 1. The average Bonchev–Trinajstić information content (AvgIpc) is 2.78. The highest BCUT2D eigenvalue weighted by Gasteiger charge is 2.33. The van der Waals surface area contributed by atoms with Gasteiger partial charge in [-0.1, -0.05) is 31.9 Å². The van der Waals surface area contributed by atoms with Crippen LogP contribution in [0.15, 0.2) is 24.3 Å². The molecule has 1 aliphatic carbocycles. The molecule has 0 unspecified atom stereocenters. The quantitative estimate of drug-likeness (QED) is 0.753. The molecule has 0 atom stereocenters. The fourth-order valence-corrected chi connectivity index (χ4v) is 3.15. The topological polar surface area (TPSA) is 12.0 Å². The van der Waals surface area contributed by atoms with Gasteiger partial charge in [0.15, 0.2) is 0 Å². The van der Waals surface area contributed by atoms with Crippen LogP contribution in [0.3, 0.4) is 0 Å². The van der Waals surface area contributed by atoms with E-state index in [9.17, 15) is 4.39 Å². The van der Waals surface area contributed by atoms with Crippen molar-refractivity contribution in [1.82, 2.24) is 5.32 Å². The Labute approximate surface area is 110 Å². The molecule has 2 heteroatoms. The lowest BCUT2D eigenvalue weighted by Gasteiger charge is -2.29. The number of nitrogens with one attached hydrogen (secondary N) is 1. The van der Waals surface area contributed by atoms with E-state index in [2.05, 4.69) is 18.3 Å². The summed E-state index contributed by atoms with van der Waals surface area (Å²) in [6.45, 7) is 4.36. The summed E-state index contributed by atoms with van der Waals surface area (Å²) >= 11 is 0. The molecule has 100 valence electrons. The summed E-state index contributed by atoms with van der Waals surface area (Å²) in [7, 11) is 0. The molecule has 1 saturated carbocycles. The molecule has 1 aromatic rings. The SMILES string of the molecule is CCCNCC1(Cc2cccc(F)c2)CCCC1. The first kappa shape index (κ1) is 13.5. The highest BCUT2D eigenvalue weighted by molar-refractivity contribution is 5.18. The van der Waals surface area contributed by atoms with E-state index in [1.807, 2.05) is 6.07 Å². The molecule has 0 aliphatic heterocycles. The van der Waals surface area contributed by atoms with Gasteiger partial charge in [-0.15, -0.1) is 0 Å². The molecule has 1 nitrogen and oxygen atoms in total. The predicted octanol–water partition coefficient (Wildman–Crippen LogP) is 3.93. The summed E-state index contributed by atoms with van der Waals surface area (Å²) in [5, 5.41) is 3.56. The molecule has 1 N–H and O–H groups in total. The Bertz CT molecular complexity index is 369. The van der Waals surface area contributed by atoms with Crippen LogP contribution in [0.1, 0.15) is 44.6 Å². The number of benzene rings is 1. The van der Waals surface area contributed by atoms with Crippen molar-refractivity contribution in [3.05, 3.63) is 35.6 Å². The van der Waals surface area contributed by atoms with Crippen LogP contribution in [0.25, 0.3) is 0 Å². The van der Waals surface area contributed by atoms with Crippen LogP contribution in [0, 0.1) is 11.2 Å². The molecule has 0 aromatic heterocycles. The molecule has 18 heavy (non-hydrogen) atoms. The van der Waals surface area contributed by atoms with Crippen LogP contribution in [-0.2, 0) is 6.42 Å². The maximum atomic E-state index is 13.3. The molecule has 0 bridgehead atoms. The zero-order chi connectivity index (χ0) is 12.8. The third-order valence-corrected chi connectivity index (χ3v) is 4.06. The second-order valence-corrected chi connectivity index (χ2v) is 5.69. The van der Waals surface area contributed by atoms with Crippen LogP contribution in [0.4, 0.5) is 4.39 Å². The van der Waals surface area contributed by atoms with Gasteiger partial charge in [0.05, 0.1) is 0 Å². The van der Waals surface area contributed by atoms with Crippen LogP contribution >= 0.6 is 0 Å². The standard InChI is InChI=1S/C16H24FN/c1-2-10-18-13-16(8-3-4-9-16)12-14-6-5-7-15(17)11-14/h5-7,11,18H,2-4,8-10,12-13H2,1H3. The largest absolute Gasteiger partial charge is 0.316 e. The van der Waals surface area contributed by atoms with Gasteiger partial charge in [-0.25, -0.2) is 4.39 Å². The Morgan fingerprint density at radius 1 is 1.28 bits per heavy atom. The Balaban J connectivity index is 2.01. The summed E-state index contributed by atoms with van der Waals surface area (Å²) in [5.74, 6) is -0.109. The molecule has 0 spiro atoms. The van der Waals surface area contributed by atoms with Crippen molar-refractivity contribution in [3.8, 4) is 0 Å². The smallest absolute Gasteiger partial charge is 0.123 e. The van der Waals surface area contributed by atoms with Crippen LogP contribution in [0.5, 0.6) is 0 Å². The molecule has 0 amide bonds. The van der Waals surface area contributed by atoms with Crippen molar-refractivity contribution in [2.75, 3.05) is 13.1 Å². The van der Waals surface area contributed by atoms with Crippen molar-refractivity contribution in [3.63, 3.8) is 0 Å². The predicted molar refractivity (Wildman–Crippen MR) is 74.2 cm³/mol. The zero-order valence-electron chi connectivity index (χ0n) is 11.3. The molecule has 1 fully saturated rings. The van der Waals surface area contributed by atoms with Gasteiger partial charge in [-0.05, 0) is 55.3 Å². The maximum Gasteiger partial charge on any atom is 0.123 e. The van der Waals surface area contributed by atoms with E-state index >= 15 is 0 Å². The van der Waals surface area contributed by atoms with Crippen LogP contribution in [-0.4, -0.2) is 13.1 Å². The van der Waals surface area contributed by atoms with E-state index in [1.54, 1.807) is 6.07 Å². The van der Waals surface area contributed by atoms with Gasteiger partial charge in [-0.2, -0.15) is 0 Å². The van der Waals surface area contributed by atoms with Gasteiger partial charge >= 0.3 is 0 Å². The first-order valence-electron chi connectivity index (χ1n) is 7.19. The summed E-state index contributed by atoms with van der Waals surface area (Å²) in [5.41, 5.74) is 1.51. The fourth-order valence-electron chi connectivity index (χ4n) is 3.15. The molecule has 0 radical (unpaired) electrons. The van der Waals surface area contributed by atoms with Crippen LogP contribution in [0.2, 0.25) is 0 Å². The van der Waals surface area contributed by atoms with E-state index in [4.69, 9.17) is 0 Å². The van der Waals surface area contributed by atoms with E-state index < -0.39 is 0 Å². The lowest BCUT2D eigenvalue weighted by Crippen LogP contribution is -2.34. The minimum atomic E-state index is -0.109. The minimum absolute atomic E-state index is 0.109. The highest BCUT2D eigenvalue weighted by atomic mass is 19.1. The van der Waals surface area contributed by atoms with Gasteiger partial charge < -0.3 is 5.32 Å². The first-order chi connectivity index (χ1) is 8.74. The van der Waals surface area contributed by atoms with Gasteiger partial charge in [0, 0.05) is 6.54 Å². The third-order valence-electron chi connectivity index (χ3n) is 4.06. The third kappa shape index (κ3) is 3.55. The molecule has 1 aromatic carbocycles. The molecular formula is C16H24FN. The zero-order valence-corrected chi connectivity index (χ0v) is 11.3.